The van der Waals surface area contributed by atoms with E-state index in [9.17, 15) is 9.59 Å². The van der Waals surface area contributed by atoms with Gasteiger partial charge >= 0.3 is 5.97 Å². The van der Waals surface area contributed by atoms with Gasteiger partial charge in [0.05, 0.1) is 25.2 Å². The van der Waals surface area contributed by atoms with Crippen LogP contribution in [0.15, 0.2) is 12.2 Å². The molecule has 0 aromatic rings. The summed E-state index contributed by atoms with van der Waals surface area (Å²) in [6.07, 6.45) is 4.47. The average molecular weight is 499 g/mol. The predicted molar refractivity (Wildman–Crippen MR) is 139 cm³/mol. The van der Waals surface area contributed by atoms with E-state index in [2.05, 4.69) is 47.7 Å². The van der Waals surface area contributed by atoms with Gasteiger partial charge in [0.2, 0.25) is 0 Å². The molecule has 0 spiro atoms. The van der Waals surface area contributed by atoms with Crippen molar-refractivity contribution in [3.8, 4) is 0 Å². The summed E-state index contributed by atoms with van der Waals surface area (Å²) in [4.78, 5) is 25.5. The molecule has 1 saturated heterocycles. The maximum absolute atomic E-state index is 13.1. The standard InChI is InChI=1S/C27H50O6Si/c1-14-22-27(10,33-26(8,9)31-22)16-15-21(28)18(2)17-19(3)23(20(4)24(29)30-11)32-34(12,13)25(5,6)7/h15-16,18-20,22-23H,14,17H2,1-13H3/b16-15+/t18-,19+,20-,22-,23+,27+/m1/s1. The van der Waals surface area contributed by atoms with Crippen molar-refractivity contribution < 1.29 is 28.2 Å². The first-order valence-electron chi connectivity index (χ1n) is 12.7. The van der Waals surface area contributed by atoms with Crippen LogP contribution in [0.2, 0.25) is 18.1 Å². The van der Waals surface area contributed by atoms with E-state index in [1.807, 2.05) is 40.7 Å². The lowest BCUT2D eigenvalue weighted by atomic mass is 9.85. The minimum Gasteiger partial charge on any atom is -0.469 e. The molecule has 198 valence electrons. The molecule has 34 heavy (non-hydrogen) atoms. The van der Waals surface area contributed by atoms with Crippen molar-refractivity contribution in [2.24, 2.45) is 17.8 Å². The largest absolute Gasteiger partial charge is 0.469 e. The summed E-state index contributed by atoms with van der Waals surface area (Å²) < 4.78 is 23.9. The van der Waals surface area contributed by atoms with Crippen molar-refractivity contribution in [3.05, 3.63) is 12.2 Å². The fourth-order valence-corrected chi connectivity index (χ4v) is 5.95. The maximum atomic E-state index is 13.1. The molecular formula is C27H50O6Si. The van der Waals surface area contributed by atoms with Gasteiger partial charge in [-0.3, -0.25) is 9.59 Å². The van der Waals surface area contributed by atoms with Gasteiger partial charge in [0.15, 0.2) is 19.9 Å². The molecule has 0 aliphatic carbocycles. The highest BCUT2D eigenvalue weighted by Crippen LogP contribution is 2.41. The quantitative estimate of drug-likeness (QED) is 0.189. The van der Waals surface area contributed by atoms with E-state index in [0.717, 1.165) is 6.42 Å². The number of methoxy groups -OCH3 is 1. The lowest BCUT2D eigenvalue weighted by Crippen LogP contribution is -2.49. The van der Waals surface area contributed by atoms with Crippen molar-refractivity contribution in [1.29, 1.82) is 0 Å². The third-order valence-electron chi connectivity index (χ3n) is 7.55. The van der Waals surface area contributed by atoms with E-state index in [1.54, 1.807) is 6.08 Å². The topological polar surface area (TPSA) is 71.1 Å². The number of carbonyl (C=O) groups excluding carboxylic acids is 2. The van der Waals surface area contributed by atoms with E-state index in [0.29, 0.717) is 6.42 Å². The van der Waals surface area contributed by atoms with Crippen LogP contribution in [-0.4, -0.2) is 50.8 Å². The Morgan fingerprint density at radius 2 is 1.68 bits per heavy atom. The summed E-state index contributed by atoms with van der Waals surface area (Å²) in [6.45, 7) is 24.6. The van der Waals surface area contributed by atoms with Crippen molar-refractivity contribution in [2.75, 3.05) is 7.11 Å². The monoisotopic (exact) mass is 498 g/mol. The van der Waals surface area contributed by atoms with Gasteiger partial charge in [0.25, 0.3) is 0 Å². The summed E-state index contributed by atoms with van der Waals surface area (Å²) in [5.41, 5.74) is -0.646. The van der Waals surface area contributed by atoms with Crippen LogP contribution in [0, 0.1) is 17.8 Å². The van der Waals surface area contributed by atoms with E-state index in [-0.39, 0.29) is 40.8 Å². The van der Waals surface area contributed by atoms with Gasteiger partial charge in [-0.05, 0) is 76.7 Å². The molecule has 0 radical (unpaired) electrons. The van der Waals surface area contributed by atoms with Gasteiger partial charge < -0.3 is 18.6 Å². The summed E-state index contributed by atoms with van der Waals surface area (Å²) >= 11 is 0. The Balaban J connectivity index is 3.01. The van der Waals surface area contributed by atoms with Gasteiger partial charge in [-0.15, -0.1) is 0 Å². The van der Waals surface area contributed by atoms with Crippen LogP contribution in [0.5, 0.6) is 0 Å². The van der Waals surface area contributed by atoms with E-state index < -0.39 is 25.6 Å². The first kappa shape index (κ1) is 31.0. The Bertz CT molecular complexity index is 738. The minimum atomic E-state index is -2.14. The first-order valence-corrected chi connectivity index (χ1v) is 15.6. The molecule has 0 bridgehead atoms. The van der Waals surface area contributed by atoms with Gasteiger partial charge in [-0.2, -0.15) is 0 Å². The van der Waals surface area contributed by atoms with Crippen LogP contribution in [0.3, 0.4) is 0 Å². The highest BCUT2D eigenvalue weighted by molar-refractivity contribution is 6.74. The summed E-state index contributed by atoms with van der Waals surface area (Å²) in [7, 11) is -0.729. The molecule has 1 fully saturated rings. The number of esters is 1. The zero-order valence-corrected chi connectivity index (χ0v) is 24.9. The van der Waals surface area contributed by atoms with Crippen molar-refractivity contribution >= 4 is 20.1 Å². The predicted octanol–water partition coefficient (Wildman–Crippen LogP) is 6.29. The normalized spacial score (nSPS) is 26.8. The molecule has 1 aliphatic rings. The number of hydrogen-bond acceptors (Lipinski definition) is 6. The number of hydrogen-bond donors (Lipinski definition) is 0. The summed E-state index contributed by atoms with van der Waals surface area (Å²) in [5, 5.41) is 0.00732. The number of allylic oxidation sites excluding steroid dienone is 1. The van der Waals surface area contributed by atoms with Crippen LogP contribution in [-0.2, 0) is 28.2 Å². The Morgan fingerprint density at radius 1 is 1.12 bits per heavy atom. The second-order valence-electron chi connectivity index (χ2n) is 12.2. The Hall–Kier alpha value is -1.02. The van der Waals surface area contributed by atoms with Crippen molar-refractivity contribution in [3.63, 3.8) is 0 Å². The molecule has 1 rings (SSSR count). The molecular weight excluding hydrogens is 448 g/mol. The van der Waals surface area contributed by atoms with Crippen LogP contribution < -0.4 is 0 Å². The van der Waals surface area contributed by atoms with Crippen molar-refractivity contribution in [1.82, 2.24) is 0 Å². The summed E-state index contributed by atoms with van der Waals surface area (Å²) in [5.74, 6) is -1.56. The van der Waals surface area contributed by atoms with Crippen molar-refractivity contribution in [2.45, 2.75) is 124 Å². The highest BCUT2D eigenvalue weighted by Gasteiger charge is 2.48. The highest BCUT2D eigenvalue weighted by atomic mass is 28.4. The van der Waals surface area contributed by atoms with Crippen LogP contribution in [0.1, 0.15) is 82.1 Å². The number of ether oxygens (including phenoxy) is 3. The maximum Gasteiger partial charge on any atom is 0.310 e. The fourth-order valence-electron chi connectivity index (χ4n) is 4.48. The van der Waals surface area contributed by atoms with Gasteiger partial charge in [0, 0.05) is 5.92 Å². The van der Waals surface area contributed by atoms with E-state index in [1.165, 1.54) is 7.11 Å². The van der Waals surface area contributed by atoms with Crippen LogP contribution in [0.4, 0.5) is 0 Å². The minimum absolute atomic E-state index is 0.000417. The van der Waals surface area contributed by atoms with Crippen LogP contribution in [0.25, 0.3) is 0 Å². The average Bonchev–Trinajstić information content (AvgIpc) is 2.96. The molecule has 0 saturated carbocycles. The Morgan fingerprint density at radius 3 is 2.15 bits per heavy atom. The molecule has 1 aliphatic heterocycles. The SMILES string of the molecule is CC[C@H]1OC(C)(C)O[C@@]1(C)/C=C/C(=O)[C@H](C)C[C@H](C)[C@H](O[Si](C)(C)C(C)(C)C)[C@@H](C)C(=O)OC. The first-order chi connectivity index (χ1) is 15.3. The lowest BCUT2D eigenvalue weighted by molar-refractivity contribution is -0.153. The molecule has 0 N–H and O–H groups in total. The molecule has 0 aromatic heterocycles. The third-order valence-corrected chi connectivity index (χ3v) is 12.0. The fraction of sp³-hybridized carbons (Fsp3) is 0.852. The molecule has 6 nitrogen and oxygen atoms in total. The van der Waals surface area contributed by atoms with E-state index >= 15 is 0 Å². The number of ketones is 1. The van der Waals surface area contributed by atoms with E-state index in [4.69, 9.17) is 18.6 Å². The second kappa shape index (κ2) is 11.4. The Kier molecular flexibility index (Phi) is 10.4. The zero-order chi connectivity index (χ0) is 26.7. The van der Waals surface area contributed by atoms with Crippen LogP contribution >= 0.6 is 0 Å². The second-order valence-corrected chi connectivity index (χ2v) is 17.0. The molecule has 0 amide bonds. The third kappa shape index (κ3) is 7.74. The molecule has 0 aromatic carbocycles. The summed E-state index contributed by atoms with van der Waals surface area (Å²) in [6, 6.07) is 0. The zero-order valence-electron chi connectivity index (χ0n) is 23.9. The smallest absolute Gasteiger partial charge is 0.310 e. The number of rotatable bonds is 11. The van der Waals surface area contributed by atoms with Gasteiger partial charge in [0.1, 0.15) is 5.60 Å². The van der Waals surface area contributed by atoms with Gasteiger partial charge in [-0.1, -0.05) is 41.5 Å². The number of carbonyl (C=O) groups is 2. The molecule has 0 unspecified atom stereocenters. The molecule has 6 atom stereocenters. The Labute approximate surface area is 209 Å². The van der Waals surface area contributed by atoms with Gasteiger partial charge in [-0.25, -0.2) is 0 Å². The molecule has 7 heteroatoms. The molecule has 1 heterocycles. The lowest BCUT2D eigenvalue weighted by Gasteiger charge is -2.42.